The Labute approximate surface area is 135 Å². The van der Waals surface area contributed by atoms with Crippen molar-refractivity contribution in [3.05, 3.63) is 57.8 Å². The molecule has 2 aromatic rings. The molecule has 2 aliphatic rings. The highest BCUT2D eigenvalue weighted by molar-refractivity contribution is 7.10. The molecular formula is C18H20N2OS. The van der Waals surface area contributed by atoms with E-state index in [1.54, 1.807) is 0 Å². The zero-order valence-electron chi connectivity index (χ0n) is 12.5. The van der Waals surface area contributed by atoms with Gasteiger partial charge in [0.25, 0.3) is 0 Å². The van der Waals surface area contributed by atoms with Crippen LogP contribution in [-0.2, 0) is 17.8 Å². The van der Waals surface area contributed by atoms with Crippen molar-refractivity contribution in [3.63, 3.8) is 0 Å². The topological polar surface area (TPSA) is 32.3 Å². The Morgan fingerprint density at radius 1 is 1.23 bits per heavy atom. The molecule has 0 saturated heterocycles. The number of carbonyl (C=O) groups is 1. The summed E-state index contributed by atoms with van der Waals surface area (Å²) in [6.45, 7) is 1.82. The monoisotopic (exact) mass is 312 g/mol. The maximum atomic E-state index is 12.8. The van der Waals surface area contributed by atoms with E-state index in [0.717, 1.165) is 37.9 Å². The van der Waals surface area contributed by atoms with Crippen molar-refractivity contribution in [1.29, 1.82) is 0 Å². The highest BCUT2D eigenvalue weighted by Gasteiger charge is 2.33. The SMILES string of the molecule is O=C(NC1CC1)[C@H](c1ccccc1)N1CCc2sccc2C1. The number of amides is 1. The highest BCUT2D eigenvalue weighted by Crippen LogP contribution is 2.31. The first kappa shape index (κ1) is 14.0. The minimum Gasteiger partial charge on any atom is -0.352 e. The second-order valence-electron chi connectivity index (χ2n) is 6.19. The van der Waals surface area contributed by atoms with Gasteiger partial charge in [0.15, 0.2) is 0 Å². The summed E-state index contributed by atoms with van der Waals surface area (Å²) in [5.41, 5.74) is 2.48. The molecule has 1 aliphatic carbocycles. The Morgan fingerprint density at radius 2 is 2.05 bits per heavy atom. The lowest BCUT2D eigenvalue weighted by molar-refractivity contribution is -0.127. The fourth-order valence-electron chi connectivity index (χ4n) is 3.16. The van der Waals surface area contributed by atoms with Crippen LogP contribution in [0.25, 0.3) is 0 Å². The first-order valence-corrected chi connectivity index (χ1v) is 8.84. The van der Waals surface area contributed by atoms with Gasteiger partial charge in [-0.25, -0.2) is 0 Å². The van der Waals surface area contributed by atoms with Gasteiger partial charge in [0.1, 0.15) is 6.04 Å². The molecule has 1 aliphatic heterocycles. The fourth-order valence-corrected chi connectivity index (χ4v) is 4.05. The lowest BCUT2D eigenvalue weighted by atomic mass is 10.0. The van der Waals surface area contributed by atoms with Gasteiger partial charge < -0.3 is 5.32 Å². The van der Waals surface area contributed by atoms with Gasteiger partial charge in [-0.05, 0) is 41.8 Å². The summed E-state index contributed by atoms with van der Waals surface area (Å²) >= 11 is 1.84. The fraction of sp³-hybridized carbons (Fsp3) is 0.389. The number of rotatable bonds is 4. The summed E-state index contributed by atoms with van der Waals surface area (Å²) in [6.07, 6.45) is 3.30. The number of benzene rings is 1. The first-order valence-electron chi connectivity index (χ1n) is 7.96. The van der Waals surface area contributed by atoms with Gasteiger partial charge >= 0.3 is 0 Å². The molecule has 0 spiro atoms. The van der Waals surface area contributed by atoms with Gasteiger partial charge in [0, 0.05) is 24.0 Å². The van der Waals surface area contributed by atoms with E-state index >= 15 is 0 Å². The number of nitrogens with one attached hydrogen (secondary N) is 1. The number of hydrogen-bond donors (Lipinski definition) is 1. The molecule has 1 saturated carbocycles. The van der Waals surface area contributed by atoms with Crippen molar-refractivity contribution in [2.45, 2.75) is 37.9 Å². The van der Waals surface area contributed by atoms with Crippen molar-refractivity contribution in [2.24, 2.45) is 0 Å². The maximum absolute atomic E-state index is 12.8. The van der Waals surface area contributed by atoms with Crippen LogP contribution in [-0.4, -0.2) is 23.4 Å². The van der Waals surface area contributed by atoms with Gasteiger partial charge in [-0.2, -0.15) is 0 Å². The summed E-state index contributed by atoms with van der Waals surface area (Å²) < 4.78 is 0. The normalized spacial score (nSPS) is 19.5. The third-order valence-corrected chi connectivity index (χ3v) is 5.51. The Kier molecular flexibility index (Phi) is 3.72. The van der Waals surface area contributed by atoms with Crippen LogP contribution in [0.3, 0.4) is 0 Å². The lowest BCUT2D eigenvalue weighted by Gasteiger charge is -2.34. The molecule has 4 rings (SSSR count). The molecule has 1 aromatic heterocycles. The van der Waals surface area contributed by atoms with Crippen molar-refractivity contribution >= 4 is 17.2 Å². The van der Waals surface area contributed by atoms with Crippen LogP contribution in [0.1, 0.15) is 34.9 Å². The second-order valence-corrected chi connectivity index (χ2v) is 7.19. The summed E-state index contributed by atoms with van der Waals surface area (Å²) in [7, 11) is 0. The predicted octanol–water partition coefficient (Wildman–Crippen LogP) is 3.13. The van der Waals surface area contributed by atoms with Crippen LogP contribution < -0.4 is 5.32 Å². The number of thiophene rings is 1. The van der Waals surface area contributed by atoms with E-state index in [4.69, 9.17) is 0 Å². The molecule has 114 valence electrons. The summed E-state index contributed by atoms with van der Waals surface area (Å²) in [6, 6.07) is 12.6. The molecule has 1 atom stereocenters. The summed E-state index contributed by atoms with van der Waals surface area (Å²) in [4.78, 5) is 16.6. The average molecular weight is 312 g/mol. The molecule has 1 N–H and O–H groups in total. The molecule has 2 heterocycles. The van der Waals surface area contributed by atoms with Crippen molar-refractivity contribution in [2.75, 3.05) is 6.54 Å². The summed E-state index contributed by atoms with van der Waals surface area (Å²) in [5.74, 6) is 0.160. The zero-order chi connectivity index (χ0) is 14.9. The van der Waals surface area contributed by atoms with E-state index < -0.39 is 0 Å². The molecule has 1 fully saturated rings. The lowest BCUT2D eigenvalue weighted by Crippen LogP contribution is -2.43. The smallest absolute Gasteiger partial charge is 0.242 e. The Balaban J connectivity index is 1.61. The largest absolute Gasteiger partial charge is 0.352 e. The van der Waals surface area contributed by atoms with Gasteiger partial charge in [-0.3, -0.25) is 9.69 Å². The van der Waals surface area contributed by atoms with Gasteiger partial charge in [0.2, 0.25) is 5.91 Å². The van der Waals surface area contributed by atoms with Crippen LogP contribution >= 0.6 is 11.3 Å². The van der Waals surface area contributed by atoms with Crippen molar-refractivity contribution in [1.82, 2.24) is 10.2 Å². The number of hydrogen-bond acceptors (Lipinski definition) is 3. The Morgan fingerprint density at radius 3 is 2.82 bits per heavy atom. The van der Waals surface area contributed by atoms with E-state index in [2.05, 4.69) is 33.8 Å². The van der Waals surface area contributed by atoms with Crippen molar-refractivity contribution < 1.29 is 4.79 Å². The van der Waals surface area contributed by atoms with Gasteiger partial charge in [-0.15, -0.1) is 11.3 Å². The predicted molar refractivity (Wildman–Crippen MR) is 88.8 cm³/mol. The number of fused-ring (bicyclic) bond motifs is 1. The minimum absolute atomic E-state index is 0.160. The molecule has 0 bridgehead atoms. The van der Waals surface area contributed by atoms with Crippen LogP contribution in [0.15, 0.2) is 41.8 Å². The first-order chi connectivity index (χ1) is 10.8. The molecule has 1 aromatic carbocycles. The third kappa shape index (κ3) is 2.81. The summed E-state index contributed by atoms with van der Waals surface area (Å²) in [5, 5.41) is 5.35. The van der Waals surface area contributed by atoms with Crippen LogP contribution in [0, 0.1) is 0 Å². The van der Waals surface area contributed by atoms with Crippen molar-refractivity contribution in [3.8, 4) is 0 Å². The molecular weight excluding hydrogens is 292 g/mol. The molecule has 22 heavy (non-hydrogen) atoms. The van der Waals surface area contributed by atoms with E-state index in [1.807, 2.05) is 29.5 Å². The molecule has 1 amide bonds. The number of carbonyl (C=O) groups excluding carboxylic acids is 1. The quantitative estimate of drug-likeness (QED) is 0.941. The molecule has 3 nitrogen and oxygen atoms in total. The molecule has 0 radical (unpaired) electrons. The van der Waals surface area contributed by atoms with E-state index in [-0.39, 0.29) is 11.9 Å². The third-order valence-electron chi connectivity index (χ3n) is 4.49. The van der Waals surface area contributed by atoms with Gasteiger partial charge in [-0.1, -0.05) is 30.3 Å². The maximum Gasteiger partial charge on any atom is 0.242 e. The van der Waals surface area contributed by atoms with Crippen LogP contribution in [0.2, 0.25) is 0 Å². The molecule has 4 heteroatoms. The zero-order valence-corrected chi connectivity index (χ0v) is 13.3. The second kappa shape index (κ2) is 5.86. The van der Waals surface area contributed by atoms with E-state index in [9.17, 15) is 4.79 Å². The number of nitrogens with zero attached hydrogens (tertiary/aromatic N) is 1. The standard InChI is InChI=1S/C18H20N2OS/c21-18(19-15-6-7-15)17(13-4-2-1-3-5-13)20-10-8-16-14(12-20)9-11-22-16/h1-5,9,11,15,17H,6-8,10,12H2,(H,19,21)/t17-/m0/s1. The molecule has 0 unspecified atom stereocenters. The average Bonchev–Trinajstić information content (AvgIpc) is 3.23. The Hall–Kier alpha value is -1.65. The highest BCUT2D eigenvalue weighted by atomic mass is 32.1. The minimum atomic E-state index is -0.171. The van der Waals surface area contributed by atoms with Gasteiger partial charge in [0.05, 0.1) is 0 Å². The van der Waals surface area contributed by atoms with Crippen LogP contribution in [0.4, 0.5) is 0 Å². The van der Waals surface area contributed by atoms with E-state index in [0.29, 0.717) is 6.04 Å². The Bertz CT molecular complexity index is 663. The van der Waals surface area contributed by atoms with Crippen LogP contribution in [0.5, 0.6) is 0 Å². The van der Waals surface area contributed by atoms with E-state index in [1.165, 1.54) is 10.4 Å².